The van der Waals surface area contributed by atoms with Crippen molar-refractivity contribution in [2.75, 3.05) is 33.3 Å². The summed E-state index contributed by atoms with van der Waals surface area (Å²) in [4.78, 5) is 24.1. The number of esters is 1. The van der Waals surface area contributed by atoms with Gasteiger partial charge < -0.3 is 15.0 Å². The van der Waals surface area contributed by atoms with E-state index in [-0.39, 0.29) is 24.7 Å². The second kappa shape index (κ2) is 5.59. The molecule has 0 aromatic carbocycles. The number of carbonyl (C=O) groups is 2. The van der Waals surface area contributed by atoms with Crippen LogP contribution in [0.1, 0.15) is 12.8 Å². The zero-order valence-corrected chi connectivity index (χ0v) is 8.41. The molecule has 5 heteroatoms. The minimum atomic E-state index is -0.325. The molecule has 1 heterocycles. The molecule has 0 spiro atoms. The van der Waals surface area contributed by atoms with Crippen LogP contribution in [-0.2, 0) is 14.3 Å². The molecule has 80 valence electrons. The van der Waals surface area contributed by atoms with Gasteiger partial charge in [-0.3, -0.25) is 9.59 Å². The van der Waals surface area contributed by atoms with E-state index < -0.39 is 0 Å². The molecule has 0 bridgehead atoms. The van der Waals surface area contributed by atoms with Crippen LogP contribution in [0.5, 0.6) is 0 Å². The standard InChI is InChI=1S/C9H16N2O3/c1-14-9(13)3-2-8(12)11-6-4-10-5-7-11/h10H,2-7H2,1H3. The van der Waals surface area contributed by atoms with Crippen LogP contribution in [0, 0.1) is 0 Å². The van der Waals surface area contributed by atoms with Gasteiger partial charge in [-0.15, -0.1) is 0 Å². The lowest BCUT2D eigenvalue weighted by molar-refractivity contribution is -0.143. The van der Waals surface area contributed by atoms with Crippen LogP contribution in [0.3, 0.4) is 0 Å². The molecule has 1 N–H and O–H groups in total. The Morgan fingerprint density at radius 1 is 1.29 bits per heavy atom. The lowest BCUT2D eigenvalue weighted by Crippen LogP contribution is -2.46. The fourth-order valence-electron chi connectivity index (χ4n) is 1.38. The predicted molar refractivity (Wildman–Crippen MR) is 50.7 cm³/mol. The number of hydrogen-bond donors (Lipinski definition) is 1. The Morgan fingerprint density at radius 2 is 1.93 bits per heavy atom. The topological polar surface area (TPSA) is 58.6 Å². The maximum atomic E-state index is 11.5. The maximum absolute atomic E-state index is 11.5. The second-order valence-corrected chi connectivity index (χ2v) is 3.21. The molecule has 0 radical (unpaired) electrons. The van der Waals surface area contributed by atoms with Crippen molar-refractivity contribution in [1.29, 1.82) is 0 Å². The molecule has 1 fully saturated rings. The average molecular weight is 200 g/mol. The quantitative estimate of drug-likeness (QED) is 0.616. The van der Waals surface area contributed by atoms with Gasteiger partial charge in [0.25, 0.3) is 0 Å². The zero-order chi connectivity index (χ0) is 10.4. The Labute approximate surface area is 83.4 Å². The highest BCUT2D eigenvalue weighted by Crippen LogP contribution is 2.00. The van der Waals surface area contributed by atoms with Crippen LogP contribution in [0.4, 0.5) is 0 Å². The molecular formula is C9H16N2O3. The molecule has 1 saturated heterocycles. The number of ether oxygens (including phenoxy) is 1. The van der Waals surface area contributed by atoms with Gasteiger partial charge in [0.15, 0.2) is 0 Å². The van der Waals surface area contributed by atoms with Crippen LogP contribution in [0.15, 0.2) is 0 Å². The molecule has 0 aromatic rings. The fraction of sp³-hybridized carbons (Fsp3) is 0.778. The van der Waals surface area contributed by atoms with Crippen LogP contribution < -0.4 is 5.32 Å². The molecule has 5 nitrogen and oxygen atoms in total. The molecule has 0 aromatic heterocycles. The summed E-state index contributed by atoms with van der Waals surface area (Å²) < 4.78 is 4.47. The highest BCUT2D eigenvalue weighted by Gasteiger charge is 2.16. The molecule has 14 heavy (non-hydrogen) atoms. The molecule has 0 unspecified atom stereocenters. The third-order valence-corrected chi connectivity index (χ3v) is 2.24. The molecule has 1 aliphatic heterocycles. The van der Waals surface area contributed by atoms with Gasteiger partial charge in [0.1, 0.15) is 0 Å². The van der Waals surface area contributed by atoms with Crippen LogP contribution >= 0.6 is 0 Å². The SMILES string of the molecule is COC(=O)CCC(=O)N1CCNCC1. The number of methoxy groups -OCH3 is 1. The van der Waals surface area contributed by atoms with Crippen LogP contribution in [0.2, 0.25) is 0 Å². The van der Waals surface area contributed by atoms with E-state index in [4.69, 9.17) is 0 Å². The molecular weight excluding hydrogens is 184 g/mol. The number of amides is 1. The summed E-state index contributed by atoms with van der Waals surface area (Å²) in [6.07, 6.45) is 0.436. The Morgan fingerprint density at radius 3 is 2.50 bits per heavy atom. The predicted octanol–water partition coefficient (Wildman–Crippen LogP) is -0.629. The first-order valence-electron chi connectivity index (χ1n) is 4.79. The van der Waals surface area contributed by atoms with Crippen molar-refractivity contribution < 1.29 is 14.3 Å². The number of nitrogens with one attached hydrogen (secondary N) is 1. The summed E-state index contributed by atoms with van der Waals surface area (Å²) in [5.41, 5.74) is 0. The number of carbonyl (C=O) groups excluding carboxylic acids is 2. The molecule has 1 amide bonds. The first-order chi connectivity index (χ1) is 6.74. The molecule has 0 aliphatic carbocycles. The first-order valence-corrected chi connectivity index (χ1v) is 4.79. The highest BCUT2D eigenvalue weighted by molar-refractivity contribution is 5.81. The van der Waals surface area contributed by atoms with Gasteiger partial charge in [-0.25, -0.2) is 0 Å². The Balaban J connectivity index is 2.23. The number of nitrogens with zero attached hydrogens (tertiary/aromatic N) is 1. The van der Waals surface area contributed by atoms with Gasteiger partial charge in [0, 0.05) is 32.6 Å². The fourth-order valence-corrected chi connectivity index (χ4v) is 1.38. The smallest absolute Gasteiger partial charge is 0.306 e. The molecule has 1 rings (SSSR count). The largest absolute Gasteiger partial charge is 0.469 e. The second-order valence-electron chi connectivity index (χ2n) is 3.21. The van der Waals surface area contributed by atoms with Gasteiger partial charge in [-0.1, -0.05) is 0 Å². The number of piperazine rings is 1. The van der Waals surface area contributed by atoms with Crippen molar-refractivity contribution in [3.05, 3.63) is 0 Å². The normalized spacial score (nSPS) is 16.5. The van der Waals surface area contributed by atoms with Crippen molar-refractivity contribution in [3.8, 4) is 0 Å². The first kappa shape index (κ1) is 11.0. The summed E-state index contributed by atoms with van der Waals surface area (Å²) in [6, 6.07) is 0. The average Bonchev–Trinajstić information content (AvgIpc) is 2.26. The third kappa shape index (κ3) is 3.33. The summed E-state index contributed by atoms with van der Waals surface area (Å²) in [5, 5.41) is 3.16. The summed E-state index contributed by atoms with van der Waals surface area (Å²) in [6.45, 7) is 3.15. The van der Waals surface area contributed by atoms with Crippen molar-refractivity contribution in [3.63, 3.8) is 0 Å². The van der Waals surface area contributed by atoms with E-state index in [1.807, 2.05) is 0 Å². The van der Waals surface area contributed by atoms with Crippen molar-refractivity contribution in [2.45, 2.75) is 12.8 Å². The molecule has 0 atom stereocenters. The van der Waals surface area contributed by atoms with Crippen LogP contribution in [-0.4, -0.2) is 50.1 Å². The van der Waals surface area contributed by atoms with Crippen molar-refractivity contribution in [1.82, 2.24) is 10.2 Å². The monoisotopic (exact) mass is 200 g/mol. The maximum Gasteiger partial charge on any atom is 0.306 e. The van der Waals surface area contributed by atoms with Gasteiger partial charge in [-0.05, 0) is 0 Å². The lowest BCUT2D eigenvalue weighted by Gasteiger charge is -2.27. The Kier molecular flexibility index (Phi) is 4.39. The number of rotatable bonds is 3. The highest BCUT2D eigenvalue weighted by atomic mass is 16.5. The summed E-state index contributed by atoms with van der Waals surface area (Å²) >= 11 is 0. The minimum Gasteiger partial charge on any atom is -0.469 e. The zero-order valence-electron chi connectivity index (χ0n) is 8.41. The van der Waals surface area contributed by atoms with Gasteiger partial charge in [0.2, 0.25) is 5.91 Å². The third-order valence-electron chi connectivity index (χ3n) is 2.24. The number of hydrogen-bond acceptors (Lipinski definition) is 4. The van der Waals surface area contributed by atoms with Crippen molar-refractivity contribution in [2.24, 2.45) is 0 Å². The van der Waals surface area contributed by atoms with E-state index in [9.17, 15) is 9.59 Å². The van der Waals surface area contributed by atoms with E-state index in [1.54, 1.807) is 4.90 Å². The van der Waals surface area contributed by atoms with Crippen LogP contribution in [0.25, 0.3) is 0 Å². The van der Waals surface area contributed by atoms with E-state index in [2.05, 4.69) is 10.1 Å². The Hall–Kier alpha value is -1.10. The lowest BCUT2D eigenvalue weighted by atomic mass is 10.2. The van der Waals surface area contributed by atoms with Gasteiger partial charge in [0.05, 0.1) is 13.5 Å². The van der Waals surface area contributed by atoms with E-state index >= 15 is 0 Å². The van der Waals surface area contributed by atoms with Gasteiger partial charge >= 0.3 is 5.97 Å². The molecule has 1 aliphatic rings. The van der Waals surface area contributed by atoms with E-state index in [0.29, 0.717) is 0 Å². The summed E-state index contributed by atoms with van der Waals surface area (Å²) in [7, 11) is 1.33. The Bertz CT molecular complexity index is 212. The van der Waals surface area contributed by atoms with Crippen molar-refractivity contribution >= 4 is 11.9 Å². The van der Waals surface area contributed by atoms with E-state index in [1.165, 1.54) is 7.11 Å². The van der Waals surface area contributed by atoms with Gasteiger partial charge in [-0.2, -0.15) is 0 Å². The molecule has 0 saturated carbocycles. The minimum absolute atomic E-state index is 0.0388. The summed E-state index contributed by atoms with van der Waals surface area (Å²) in [5.74, 6) is -0.287. The van der Waals surface area contributed by atoms with E-state index in [0.717, 1.165) is 26.2 Å².